The van der Waals surface area contributed by atoms with Gasteiger partial charge in [0.15, 0.2) is 0 Å². The highest BCUT2D eigenvalue weighted by Crippen LogP contribution is 2.40. The van der Waals surface area contributed by atoms with Gasteiger partial charge in [-0.25, -0.2) is 0 Å². The lowest BCUT2D eigenvalue weighted by Gasteiger charge is -2.52. The predicted octanol–water partition coefficient (Wildman–Crippen LogP) is 3.56. The molecule has 0 aromatic heterocycles. The van der Waals surface area contributed by atoms with Crippen LogP contribution in [0.1, 0.15) is 57.8 Å². The van der Waals surface area contributed by atoms with E-state index in [0.29, 0.717) is 29.7 Å². The van der Waals surface area contributed by atoms with Crippen LogP contribution in [0.4, 0.5) is 0 Å². The van der Waals surface area contributed by atoms with Crippen molar-refractivity contribution in [1.29, 1.82) is 0 Å². The highest BCUT2D eigenvalue weighted by Gasteiger charge is 2.44. The van der Waals surface area contributed by atoms with Crippen molar-refractivity contribution >= 4 is 33.4 Å². The topological polar surface area (TPSA) is 40.6 Å². The van der Waals surface area contributed by atoms with E-state index in [4.69, 9.17) is 0 Å². The summed E-state index contributed by atoms with van der Waals surface area (Å²) in [6, 6.07) is 0.407. The number of nitrogens with zero attached hydrogens (tertiary/aromatic N) is 2. The molecule has 0 N–H and O–H groups in total. The molecule has 0 spiro atoms. The summed E-state index contributed by atoms with van der Waals surface area (Å²) < 4.78 is 0. The fourth-order valence-electron chi connectivity index (χ4n) is 5.18. The highest BCUT2D eigenvalue weighted by atomic mass is 33.1. The number of rotatable bonds is 5. The summed E-state index contributed by atoms with van der Waals surface area (Å²) in [6.45, 7) is 2.65. The molecular weight excluding hydrogens is 352 g/mol. The Hall–Kier alpha value is -0.360. The summed E-state index contributed by atoms with van der Waals surface area (Å²) in [7, 11) is 4.04. The molecule has 6 heteroatoms. The van der Waals surface area contributed by atoms with Gasteiger partial charge in [-0.1, -0.05) is 28.0 Å². The monoisotopic (exact) mass is 382 g/mol. The number of likely N-dealkylation sites (tertiary alicyclic amines) is 1. The second kappa shape index (κ2) is 8.12. The van der Waals surface area contributed by atoms with Crippen LogP contribution in [0.15, 0.2) is 0 Å². The van der Waals surface area contributed by atoms with E-state index in [1.54, 1.807) is 0 Å². The lowest BCUT2D eigenvalue weighted by atomic mass is 9.76. The summed E-state index contributed by atoms with van der Waals surface area (Å²) >= 11 is 0. The average molecular weight is 383 g/mol. The minimum Gasteiger partial charge on any atom is -0.342 e. The van der Waals surface area contributed by atoms with Gasteiger partial charge in [0.05, 0.1) is 0 Å². The van der Waals surface area contributed by atoms with Crippen molar-refractivity contribution in [2.45, 2.75) is 69.1 Å². The first-order chi connectivity index (χ1) is 12.2. The van der Waals surface area contributed by atoms with Crippen molar-refractivity contribution in [2.75, 3.05) is 25.4 Å². The maximum absolute atomic E-state index is 12.7. The predicted molar refractivity (Wildman–Crippen MR) is 104 cm³/mol. The third-order valence-electron chi connectivity index (χ3n) is 6.43. The summed E-state index contributed by atoms with van der Waals surface area (Å²) in [5.74, 6) is 3.04. The van der Waals surface area contributed by atoms with Crippen molar-refractivity contribution in [1.82, 2.24) is 9.80 Å². The number of hydrogen-bond acceptors (Lipinski definition) is 4. The van der Waals surface area contributed by atoms with E-state index in [-0.39, 0.29) is 0 Å². The summed E-state index contributed by atoms with van der Waals surface area (Å²) in [5.41, 5.74) is 0. The van der Waals surface area contributed by atoms with Crippen LogP contribution in [0.3, 0.4) is 0 Å². The molecule has 4 saturated heterocycles. The number of fused-ring (bicyclic) bond motifs is 4. The summed E-state index contributed by atoms with van der Waals surface area (Å²) in [5, 5.41) is 0.823. The van der Waals surface area contributed by atoms with Crippen molar-refractivity contribution in [3.63, 3.8) is 0 Å². The zero-order chi connectivity index (χ0) is 17.2. The van der Waals surface area contributed by atoms with Gasteiger partial charge >= 0.3 is 0 Å². The SMILES string of the molecule is O=C(CCCC[C@H]1CCSS1)N1C[C@H]2C[C@@H](C1)[C@@H]1CCCC(=O)N1C2. The third kappa shape index (κ3) is 4.15. The Morgan fingerprint density at radius 1 is 1.16 bits per heavy atom. The molecule has 2 amide bonds. The van der Waals surface area contributed by atoms with Crippen LogP contribution in [0.25, 0.3) is 0 Å². The molecule has 0 aromatic rings. The molecule has 4 aliphatic heterocycles. The minimum absolute atomic E-state index is 0.355. The largest absolute Gasteiger partial charge is 0.342 e. The van der Waals surface area contributed by atoms with Gasteiger partial charge in [-0.2, -0.15) is 0 Å². The Labute approximate surface area is 159 Å². The van der Waals surface area contributed by atoms with Gasteiger partial charge in [0, 0.05) is 49.5 Å². The second-order valence-corrected chi connectivity index (χ2v) is 11.0. The molecule has 0 radical (unpaired) electrons. The average Bonchev–Trinajstić information content (AvgIpc) is 3.13. The molecule has 4 heterocycles. The summed E-state index contributed by atoms with van der Waals surface area (Å²) in [4.78, 5) is 29.2. The quantitative estimate of drug-likeness (QED) is 0.538. The Morgan fingerprint density at radius 2 is 2.08 bits per heavy atom. The molecule has 4 nitrogen and oxygen atoms in total. The molecule has 2 bridgehead atoms. The first kappa shape index (κ1) is 18.0. The molecule has 4 aliphatic rings. The first-order valence-corrected chi connectivity index (χ1v) is 12.4. The third-order valence-corrected chi connectivity index (χ3v) is 9.43. The fourth-order valence-corrected chi connectivity index (χ4v) is 8.21. The van der Waals surface area contributed by atoms with E-state index < -0.39 is 0 Å². The lowest BCUT2D eigenvalue weighted by Crippen LogP contribution is -2.61. The van der Waals surface area contributed by atoms with Gasteiger partial charge < -0.3 is 9.80 Å². The molecule has 140 valence electrons. The van der Waals surface area contributed by atoms with Gasteiger partial charge in [-0.15, -0.1) is 0 Å². The van der Waals surface area contributed by atoms with Crippen LogP contribution >= 0.6 is 21.6 Å². The molecular formula is C19H30N2O2S2. The van der Waals surface area contributed by atoms with Crippen LogP contribution in [-0.4, -0.2) is 58.3 Å². The molecule has 4 fully saturated rings. The number of piperidine rings is 3. The van der Waals surface area contributed by atoms with Crippen molar-refractivity contribution < 1.29 is 9.59 Å². The van der Waals surface area contributed by atoms with E-state index in [2.05, 4.69) is 9.80 Å². The molecule has 0 aliphatic carbocycles. The zero-order valence-electron chi connectivity index (χ0n) is 15.0. The Kier molecular flexibility index (Phi) is 5.85. The Morgan fingerprint density at radius 3 is 2.92 bits per heavy atom. The van der Waals surface area contributed by atoms with E-state index >= 15 is 0 Å². The van der Waals surface area contributed by atoms with E-state index in [1.165, 1.54) is 31.4 Å². The molecule has 4 atom stereocenters. The molecule has 0 unspecified atom stereocenters. The fraction of sp³-hybridized carbons (Fsp3) is 0.895. The standard InChI is InChI=1S/C19H30N2O2S2/c22-18(6-2-1-4-16-8-9-24-25-16)20-11-14-10-15(13-20)17-5-3-7-19(23)21(17)12-14/h14-17H,1-13H2/t14-,15+,16+,17+/m1/s1. The van der Waals surface area contributed by atoms with E-state index in [1.807, 2.05) is 21.6 Å². The molecule has 4 rings (SSSR count). The molecule has 25 heavy (non-hydrogen) atoms. The number of unbranched alkanes of at least 4 members (excludes halogenated alkanes) is 1. The van der Waals surface area contributed by atoms with Gasteiger partial charge in [0.25, 0.3) is 0 Å². The van der Waals surface area contributed by atoms with Crippen LogP contribution in [0, 0.1) is 11.8 Å². The van der Waals surface area contributed by atoms with E-state index in [0.717, 1.165) is 57.0 Å². The van der Waals surface area contributed by atoms with Crippen LogP contribution in [0.5, 0.6) is 0 Å². The normalized spacial score (nSPS) is 35.0. The smallest absolute Gasteiger partial charge is 0.222 e. The number of carbonyl (C=O) groups is 2. The van der Waals surface area contributed by atoms with Crippen LogP contribution < -0.4 is 0 Å². The van der Waals surface area contributed by atoms with E-state index in [9.17, 15) is 9.59 Å². The maximum atomic E-state index is 12.7. The Bertz CT molecular complexity index is 510. The molecule has 0 aromatic carbocycles. The van der Waals surface area contributed by atoms with Gasteiger partial charge in [-0.05, 0) is 50.4 Å². The van der Waals surface area contributed by atoms with Gasteiger partial charge in [-0.3, -0.25) is 9.59 Å². The van der Waals surface area contributed by atoms with Crippen LogP contribution in [0.2, 0.25) is 0 Å². The van der Waals surface area contributed by atoms with Crippen molar-refractivity contribution in [3.05, 3.63) is 0 Å². The van der Waals surface area contributed by atoms with Crippen molar-refractivity contribution in [3.8, 4) is 0 Å². The van der Waals surface area contributed by atoms with Crippen molar-refractivity contribution in [2.24, 2.45) is 11.8 Å². The molecule has 0 saturated carbocycles. The Balaban J connectivity index is 1.25. The zero-order valence-corrected chi connectivity index (χ0v) is 16.7. The number of hydrogen-bond donors (Lipinski definition) is 0. The lowest BCUT2D eigenvalue weighted by molar-refractivity contribution is -0.148. The second-order valence-electron chi connectivity index (χ2n) is 8.24. The van der Waals surface area contributed by atoms with Gasteiger partial charge in [0.1, 0.15) is 0 Å². The summed E-state index contributed by atoms with van der Waals surface area (Å²) in [6.07, 6.45) is 9.69. The highest BCUT2D eigenvalue weighted by molar-refractivity contribution is 8.77. The maximum Gasteiger partial charge on any atom is 0.222 e. The number of amides is 2. The van der Waals surface area contributed by atoms with Gasteiger partial charge in [0.2, 0.25) is 11.8 Å². The first-order valence-electron chi connectivity index (χ1n) is 10.1. The van der Waals surface area contributed by atoms with Crippen LogP contribution in [-0.2, 0) is 9.59 Å². The number of carbonyl (C=O) groups excluding carboxylic acids is 2. The minimum atomic E-state index is 0.355.